The van der Waals surface area contributed by atoms with Gasteiger partial charge in [0.1, 0.15) is 11.6 Å². The molecule has 0 aliphatic carbocycles. The second-order valence-electron chi connectivity index (χ2n) is 6.55. The van der Waals surface area contributed by atoms with Crippen molar-refractivity contribution in [3.63, 3.8) is 0 Å². The third-order valence-corrected chi connectivity index (χ3v) is 6.66. The number of rotatable bonds is 6. The third-order valence-electron chi connectivity index (χ3n) is 4.50. The van der Waals surface area contributed by atoms with Gasteiger partial charge in [-0.15, -0.1) is 0 Å². The van der Waals surface area contributed by atoms with Crippen molar-refractivity contribution in [2.45, 2.75) is 13.0 Å². The summed E-state index contributed by atoms with van der Waals surface area (Å²) in [5, 5.41) is 3.06. The molecule has 156 valence electrons. The van der Waals surface area contributed by atoms with Crippen LogP contribution >= 0.6 is 11.6 Å². The molecule has 1 amide bonds. The van der Waals surface area contributed by atoms with Gasteiger partial charge < -0.3 is 10.1 Å². The fraction of sp³-hybridized carbons (Fsp3) is 0.316. The van der Waals surface area contributed by atoms with Gasteiger partial charge in [-0.2, -0.15) is 17.0 Å². The summed E-state index contributed by atoms with van der Waals surface area (Å²) in [6.45, 7) is 0.350. The van der Waals surface area contributed by atoms with Gasteiger partial charge in [-0.25, -0.2) is 4.39 Å². The van der Waals surface area contributed by atoms with E-state index in [0.29, 0.717) is 35.0 Å². The van der Waals surface area contributed by atoms with Crippen LogP contribution < -0.4 is 10.1 Å². The van der Waals surface area contributed by atoms with Crippen molar-refractivity contribution in [3.05, 3.63) is 58.9 Å². The number of amides is 1. The van der Waals surface area contributed by atoms with Gasteiger partial charge >= 0.3 is 0 Å². The number of nitrogens with one attached hydrogen (secondary N) is 1. The molecule has 0 radical (unpaired) electrons. The Labute approximate surface area is 174 Å². The van der Waals surface area contributed by atoms with Gasteiger partial charge in [0, 0.05) is 24.7 Å². The first-order chi connectivity index (χ1) is 13.8. The zero-order chi connectivity index (χ0) is 21.0. The summed E-state index contributed by atoms with van der Waals surface area (Å²) in [5.74, 6) is -0.468. The number of methoxy groups -OCH3 is 1. The predicted octanol–water partition coefficient (Wildman–Crippen LogP) is 2.88. The van der Waals surface area contributed by atoms with Crippen LogP contribution in [0.1, 0.15) is 12.0 Å². The van der Waals surface area contributed by atoms with Crippen LogP contribution in [0.3, 0.4) is 0 Å². The van der Waals surface area contributed by atoms with Crippen LogP contribution in [0, 0.1) is 5.82 Å². The van der Waals surface area contributed by atoms with Crippen LogP contribution in [0.15, 0.2) is 42.5 Å². The number of ether oxygens (including phenoxy) is 1. The van der Waals surface area contributed by atoms with Gasteiger partial charge in [-0.1, -0.05) is 23.7 Å². The minimum Gasteiger partial charge on any atom is -0.495 e. The third kappa shape index (κ3) is 5.24. The fourth-order valence-electron chi connectivity index (χ4n) is 3.06. The van der Waals surface area contributed by atoms with E-state index in [4.69, 9.17) is 16.3 Å². The first kappa shape index (κ1) is 21.5. The Morgan fingerprint density at radius 2 is 1.86 bits per heavy atom. The predicted molar refractivity (Wildman–Crippen MR) is 109 cm³/mol. The summed E-state index contributed by atoms with van der Waals surface area (Å²) in [6, 6.07) is 10.4. The number of anilines is 1. The quantitative estimate of drug-likeness (QED) is 0.747. The molecule has 1 aliphatic heterocycles. The molecule has 2 aromatic carbocycles. The highest BCUT2D eigenvalue weighted by molar-refractivity contribution is 7.86. The van der Waals surface area contributed by atoms with Crippen molar-refractivity contribution in [2.75, 3.05) is 32.1 Å². The monoisotopic (exact) mass is 441 g/mol. The lowest BCUT2D eigenvalue weighted by Gasteiger charge is -2.34. The van der Waals surface area contributed by atoms with Crippen molar-refractivity contribution in [3.8, 4) is 5.75 Å². The highest BCUT2D eigenvalue weighted by atomic mass is 35.5. The van der Waals surface area contributed by atoms with Crippen LogP contribution in [-0.4, -0.2) is 49.7 Å². The largest absolute Gasteiger partial charge is 0.495 e. The second kappa shape index (κ2) is 9.08. The summed E-state index contributed by atoms with van der Waals surface area (Å²) in [5.41, 5.74) is 1.03. The summed E-state index contributed by atoms with van der Waals surface area (Å²) in [4.78, 5) is 12.5. The molecule has 10 heteroatoms. The van der Waals surface area contributed by atoms with Crippen LogP contribution in [0.25, 0.3) is 0 Å². The topological polar surface area (TPSA) is 79.0 Å². The maximum atomic E-state index is 13.1. The molecule has 1 aliphatic rings. The average Bonchev–Trinajstić information content (AvgIpc) is 2.67. The Hall–Kier alpha value is -2.20. The highest BCUT2D eigenvalue weighted by Gasteiger charge is 2.34. The number of benzene rings is 2. The highest BCUT2D eigenvalue weighted by Crippen LogP contribution is 2.28. The lowest BCUT2D eigenvalue weighted by molar-refractivity contribution is -0.116. The summed E-state index contributed by atoms with van der Waals surface area (Å²) >= 11 is 5.96. The number of nitrogens with zero attached hydrogens (tertiary/aromatic N) is 2. The maximum Gasteiger partial charge on any atom is 0.282 e. The van der Waals surface area contributed by atoms with Crippen LogP contribution in [0.4, 0.5) is 10.1 Å². The van der Waals surface area contributed by atoms with Crippen molar-refractivity contribution in [1.82, 2.24) is 8.61 Å². The van der Waals surface area contributed by atoms with E-state index in [1.54, 1.807) is 24.3 Å². The molecule has 0 atom stereocenters. The van der Waals surface area contributed by atoms with Crippen molar-refractivity contribution >= 4 is 33.4 Å². The lowest BCUT2D eigenvalue weighted by atomic mass is 10.2. The number of carbonyl (C=O) groups is 1. The molecule has 0 aromatic heterocycles. The Morgan fingerprint density at radius 3 is 2.55 bits per heavy atom. The van der Waals surface area contributed by atoms with Crippen molar-refractivity contribution in [1.29, 1.82) is 0 Å². The van der Waals surface area contributed by atoms with Gasteiger partial charge in [0.15, 0.2) is 0 Å². The number of hydrogen-bond donors (Lipinski definition) is 1. The minimum atomic E-state index is -3.83. The Balaban J connectivity index is 1.69. The van der Waals surface area contributed by atoms with Crippen LogP contribution in [-0.2, 0) is 21.5 Å². The molecular formula is C19H21ClFN3O4S. The molecule has 1 fully saturated rings. The molecule has 7 nitrogen and oxygen atoms in total. The van der Waals surface area contributed by atoms with E-state index in [1.807, 2.05) is 0 Å². The van der Waals surface area contributed by atoms with E-state index in [9.17, 15) is 17.6 Å². The summed E-state index contributed by atoms with van der Waals surface area (Å²) < 4.78 is 46.5. The first-order valence-electron chi connectivity index (χ1n) is 8.92. The van der Waals surface area contributed by atoms with E-state index >= 15 is 0 Å². The molecular weight excluding hydrogens is 421 g/mol. The molecule has 1 N–H and O–H groups in total. The van der Waals surface area contributed by atoms with Crippen LogP contribution in [0.5, 0.6) is 5.75 Å². The average molecular weight is 442 g/mol. The Morgan fingerprint density at radius 1 is 1.17 bits per heavy atom. The van der Waals surface area contributed by atoms with Gasteiger partial charge in [0.25, 0.3) is 10.2 Å². The SMILES string of the molecule is COc1ccc(Cl)cc1NC(=O)CN1CCCN(Cc2ccc(F)cc2)S1(=O)=O. The zero-order valence-corrected chi connectivity index (χ0v) is 17.3. The Kier molecular flexibility index (Phi) is 6.74. The summed E-state index contributed by atoms with van der Waals surface area (Å²) in [7, 11) is -2.37. The van der Waals surface area contributed by atoms with Gasteiger partial charge in [0.2, 0.25) is 5.91 Å². The van der Waals surface area contributed by atoms with E-state index < -0.39 is 16.1 Å². The zero-order valence-electron chi connectivity index (χ0n) is 15.8. The van der Waals surface area contributed by atoms with E-state index in [2.05, 4.69) is 5.32 Å². The van der Waals surface area contributed by atoms with Crippen molar-refractivity contribution < 1.29 is 22.3 Å². The molecule has 1 saturated heterocycles. The number of carbonyl (C=O) groups excluding carboxylic acids is 1. The fourth-order valence-corrected chi connectivity index (χ4v) is 4.87. The van der Waals surface area contributed by atoms with Gasteiger partial charge in [-0.05, 0) is 42.3 Å². The first-order valence-corrected chi connectivity index (χ1v) is 10.7. The summed E-state index contributed by atoms with van der Waals surface area (Å²) in [6.07, 6.45) is 0.578. The van der Waals surface area contributed by atoms with E-state index in [0.717, 1.165) is 4.31 Å². The van der Waals surface area contributed by atoms with Crippen LogP contribution in [0.2, 0.25) is 5.02 Å². The lowest BCUT2D eigenvalue weighted by Crippen LogP contribution is -2.51. The van der Waals surface area contributed by atoms with Gasteiger partial charge in [0.05, 0.1) is 19.3 Å². The molecule has 0 bridgehead atoms. The van der Waals surface area contributed by atoms with E-state index in [-0.39, 0.29) is 25.5 Å². The number of hydrogen-bond acceptors (Lipinski definition) is 4. The second-order valence-corrected chi connectivity index (χ2v) is 8.91. The van der Waals surface area contributed by atoms with Gasteiger partial charge in [-0.3, -0.25) is 4.79 Å². The van der Waals surface area contributed by atoms with Crippen molar-refractivity contribution in [2.24, 2.45) is 0 Å². The molecule has 0 saturated carbocycles. The molecule has 1 heterocycles. The Bertz CT molecular complexity index is 985. The minimum absolute atomic E-state index is 0.114. The molecule has 0 unspecified atom stereocenters. The molecule has 0 spiro atoms. The standard InChI is InChI=1S/C19H21ClFN3O4S/c1-28-18-8-5-15(20)11-17(18)22-19(25)13-24-10-2-9-23(29(24,26)27)12-14-3-6-16(21)7-4-14/h3-8,11H,2,9-10,12-13H2,1H3,(H,22,25). The molecule has 29 heavy (non-hydrogen) atoms. The maximum absolute atomic E-state index is 13.1. The molecule has 3 rings (SSSR count). The normalized spacial score (nSPS) is 17.1. The molecule has 2 aromatic rings. The van der Waals surface area contributed by atoms with E-state index in [1.165, 1.54) is 29.6 Å². The smallest absolute Gasteiger partial charge is 0.282 e. The number of halogens is 2.